The quantitative estimate of drug-likeness (QED) is 0.793. The van der Waals surface area contributed by atoms with Gasteiger partial charge in [-0.15, -0.1) is 5.10 Å². The molecule has 1 aliphatic rings. The van der Waals surface area contributed by atoms with Gasteiger partial charge in [-0.2, -0.15) is 0 Å². The predicted octanol–water partition coefficient (Wildman–Crippen LogP) is 2.75. The highest BCUT2D eigenvalue weighted by Crippen LogP contribution is 2.30. The van der Waals surface area contributed by atoms with Crippen LogP contribution < -0.4 is 0 Å². The third kappa shape index (κ3) is 2.69. The second-order valence-electron chi connectivity index (χ2n) is 4.59. The summed E-state index contributed by atoms with van der Waals surface area (Å²) >= 11 is 12.0. The topological polar surface area (TPSA) is 66.2 Å². The van der Waals surface area contributed by atoms with Crippen LogP contribution in [-0.2, 0) is 14.3 Å². The Bertz CT molecular complexity index is 729. The molecule has 0 saturated heterocycles. The highest BCUT2D eigenvalue weighted by molar-refractivity contribution is 6.42. The van der Waals surface area contributed by atoms with Crippen LogP contribution in [0.5, 0.6) is 0 Å². The largest absolute Gasteiger partial charge is 0.497 e. The Kier molecular flexibility index (Phi) is 3.73. The molecule has 110 valence electrons. The molecule has 1 aliphatic heterocycles. The zero-order valence-corrected chi connectivity index (χ0v) is 12.5. The lowest BCUT2D eigenvalue weighted by molar-refractivity contribution is -0.151. The molecule has 0 amide bonds. The first-order chi connectivity index (χ1) is 10.1. The Morgan fingerprint density at radius 2 is 2.19 bits per heavy atom. The van der Waals surface area contributed by atoms with Crippen molar-refractivity contribution in [2.75, 3.05) is 6.61 Å². The molecule has 0 spiro atoms. The first-order valence-corrected chi connectivity index (χ1v) is 6.97. The van der Waals surface area contributed by atoms with E-state index in [1.54, 1.807) is 29.2 Å². The molecule has 8 heteroatoms. The fraction of sp³-hybridized carbons (Fsp3) is 0.308. The van der Waals surface area contributed by atoms with E-state index in [9.17, 15) is 4.79 Å². The summed E-state index contributed by atoms with van der Waals surface area (Å²) in [5.74, 6) is -0.380. The fourth-order valence-corrected chi connectivity index (χ4v) is 2.53. The molecular formula is C13H11Cl2N3O3. The van der Waals surface area contributed by atoms with Gasteiger partial charge in [0, 0.05) is 6.92 Å². The molecular weight excluding hydrogens is 317 g/mol. The molecule has 1 aromatic carbocycles. The molecule has 6 nitrogen and oxygen atoms in total. The number of hydrogen-bond acceptors (Lipinski definition) is 5. The molecule has 0 bridgehead atoms. The molecule has 2 aromatic rings. The summed E-state index contributed by atoms with van der Waals surface area (Å²) in [5, 5.41) is 9.00. The fourth-order valence-electron chi connectivity index (χ4n) is 2.22. The van der Waals surface area contributed by atoms with E-state index in [1.165, 1.54) is 6.92 Å². The monoisotopic (exact) mass is 327 g/mol. The van der Waals surface area contributed by atoms with Crippen molar-refractivity contribution in [2.45, 2.75) is 19.1 Å². The average molecular weight is 328 g/mol. The third-order valence-corrected chi connectivity index (χ3v) is 3.85. The van der Waals surface area contributed by atoms with Crippen LogP contribution in [0.15, 0.2) is 24.5 Å². The van der Waals surface area contributed by atoms with E-state index >= 15 is 0 Å². The van der Waals surface area contributed by atoms with Crippen LogP contribution in [-0.4, -0.2) is 33.7 Å². The highest BCUT2D eigenvalue weighted by Gasteiger charge is 2.29. The van der Waals surface area contributed by atoms with Gasteiger partial charge in [-0.05, 0) is 18.2 Å². The van der Waals surface area contributed by atoms with Crippen LogP contribution in [0, 0.1) is 0 Å². The molecule has 0 saturated carbocycles. The van der Waals surface area contributed by atoms with Gasteiger partial charge in [-0.3, -0.25) is 4.79 Å². The van der Waals surface area contributed by atoms with Crippen molar-refractivity contribution in [1.82, 2.24) is 15.0 Å². The summed E-state index contributed by atoms with van der Waals surface area (Å²) in [6, 6.07) is 3.02. The van der Waals surface area contributed by atoms with E-state index in [-0.39, 0.29) is 18.6 Å². The zero-order valence-electron chi connectivity index (χ0n) is 11.0. The Balaban J connectivity index is 2.05. The van der Waals surface area contributed by atoms with Crippen molar-refractivity contribution in [2.24, 2.45) is 0 Å². The molecule has 0 fully saturated rings. The lowest BCUT2D eigenvalue weighted by Crippen LogP contribution is -2.34. The first-order valence-electron chi connectivity index (χ1n) is 6.21. The Morgan fingerprint density at radius 3 is 2.95 bits per heavy atom. The van der Waals surface area contributed by atoms with Crippen LogP contribution in [0.2, 0.25) is 10.0 Å². The van der Waals surface area contributed by atoms with E-state index in [4.69, 9.17) is 32.7 Å². The van der Waals surface area contributed by atoms with E-state index in [2.05, 4.69) is 10.3 Å². The van der Waals surface area contributed by atoms with Crippen molar-refractivity contribution in [3.05, 3.63) is 34.5 Å². The van der Waals surface area contributed by atoms with E-state index in [0.717, 1.165) is 0 Å². The summed E-state index contributed by atoms with van der Waals surface area (Å²) < 4.78 is 12.1. The van der Waals surface area contributed by atoms with Crippen LogP contribution in [0.4, 0.5) is 0 Å². The zero-order chi connectivity index (χ0) is 15.0. The maximum Gasteiger partial charge on any atom is 0.303 e. The van der Waals surface area contributed by atoms with Gasteiger partial charge >= 0.3 is 5.97 Å². The van der Waals surface area contributed by atoms with Gasteiger partial charge in [0.15, 0.2) is 6.10 Å². The van der Waals surface area contributed by atoms with Crippen LogP contribution >= 0.6 is 23.2 Å². The van der Waals surface area contributed by atoms with Gasteiger partial charge in [0.2, 0.25) is 0 Å². The number of esters is 1. The summed E-state index contributed by atoms with van der Waals surface area (Å²) in [4.78, 5) is 11.2. The molecule has 0 aliphatic carbocycles. The minimum atomic E-state index is -0.480. The number of fused-ring (bicyclic) bond motifs is 1. The maximum absolute atomic E-state index is 11.2. The normalized spacial score (nSPS) is 21.3. The van der Waals surface area contributed by atoms with Crippen molar-refractivity contribution < 1.29 is 14.3 Å². The SMILES string of the molecule is CC(=O)O[C@H]1COC=C[C@@H]1n1nnc2cc(Cl)c(Cl)cc21. The van der Waals surface area contributed by atoms with E-state index in [0.29, 0.717) is 21.1 Å². The number of rotatable bonds is 2. The summed E-state index contributed by atoms with van der Waals surface area (Å²) in [7, 11) is 0. The van der Waals surface area contributed by atoms with Gasteiger partial charge in [0.25, 0.3) is 0 Å². The van der Waals surface area contributed by atoms with E-state index in [1.807, 2.05) is 0 Å². The summed E-state index contributed by atoms with van der Waals surface area (Å²) in [5.41, 5.74) is 1.32. The molecule has 0 radical (unpaired) electrons. The molecule has 2 heterocycles. The molecule has 21 heavy (non-hydrogen) atoms. The third-order valence-electron chi connectivity index (χ3n) is 3.13. The second-order valence-corrected chi connectivity index (χ2v) is 5.40. The number of halogens is 2. The number of aromatic nitrogens is 3. The highest BCUT2D eigenvalue weighted by atomic mass is 35.5. The Labute approximate surface area is 130 Å². The van der Waals surface area contributed by atoms with E-state index < -0.39 is 6.10 Å². The minimum absolute atomic E-state index is 0.253. The van der Waals surface area contributed by atoms with Crippen LogP contribution in [0.25, 0.3) is 11.0 Å². The van der Waals surface area contributed by atoms with Gasteiger partial charge in [0.1, 0.15) is 18.2 Å². The number of ether oxygens (including phenoxy) is 2. The average Bonchev–Trinajstić information content (AvgIpc) is 2.82. The summed E-state index contributed by atoms with van der Waals surface area (Å²) in [6.45, 7) is 1.61. The Hall–Kier alpha value is -1.79. The molecule has 0 unspecified atom stereocenters. The number of nitrogens with zero attached hydrogens (tertiary/aromatic N) is 3. The summed E-state index contributed by atoms with van der Waals surface area (Å²) in [6.07, 6.45) is 2.83. The molecule has 0 N–H and O–H groups in total. The number of hydrogen-bond donors (Lipinski definition) is 0. The minimum Gasteiger partial charge on any atom is -0.497 e. The molecule has 1 aromatic heterocycles. The van der Waals surface area contributed by atoms with Crippen molar-refractivity contribution in [3.8, 4) is 0 Å². The number of carbonyl (C=O) groups is 1. The van der Waals surface area contributed by atoms with Gasteiger partial charge in [-0.25, -0.2) is 4.68 Å². The molecule has 3 rings (SSSR count). The lowest BCUT2D eigenvalue weighted by Gasteiger charge is -2.27. The smallest absolute Gasteiger partial charge is 0.303 e. The lowest BCUT2D eigenvalue weighted by atomic mass is 10.1. The van der Waals surface area contributed by atoms with Gasteiger partial charge in [-0.1, -0.05) is 28.4 Å². The van der Waals surface area contributed by atoms with Crippen molar-refractivity contribution in [3.63, 3.8) is 0 Å². The van der Waals surface area contributed by atoms with Crippen molar-refractivity contribution >= 4 is 40.2 Å². The second kappa shape index (κ2) is 5.54. The van der Waals surface area contributed by atoms with Gasteiger partial charge in [0.05, 0.1) is 21.8 Å². The maximum atomic E-state index is 11.2. The Morgan fingerprint density at radius 1 is 1.43 bits per heavy atom. The van der Waals surface area contributed by atoms with Crippen LogP contribution in [0.1, 0.15) is 13.0 Å². The molecule has 2 atom stereocenters. The predicted molar refractivity (Wildman–Crippen MR) is 77.2 cm³/mol. The standard InChI is InChI=1S/C13H11Cl2N3O3/c1-7(19)21-13-6-20-3-2-11(13)18-12-5-9(15)8(14)4-10(12)16-17-18/h2-5,11,13H,6H2,1H3/t11-,13-/m0/s1. The number of carbonyl (C=O) groups excluding carboxylic acids is 1. The van der Waals surface area contributed by atoms with Crippen LogP contribution in [0.3, 0.4) is 0 Å². The number of benzene rings is 1. The van der Waals surface area contributed by atoms with Crippen molar-refractivity contribution in [1.29, 1.82) is 0 Å². The van der Waals surface area contributed by atoms with Gasteiger partial charge < -0.3 is 9.47 Å². The first kappa shape index (κ1) is 14.2.